The van der Waals surface area contributed by atoms with Crippen LogP contribution in [0.2, 0.25) is 5.02 Å². The predicted molar refractivity (Wildman–Crippen MR) is 128 cm³/mol. The zero-order chi connectivity index (χ0) is 22.9. The summed E-state index contributed by atoms with van der Waals surface area (Å²) < 4.78 is 30.0. The lowest BCUT2D eigenvalue weighted by molar-refractivity contribution is 0.0229. The second-order valence-corrected chi connectivity index (χ2v) is 9.23. The Bertz CT molecular complexity index is 1170. The molecule has 2 unspecified atom stereocenters. The molecule has 174 valence electrons. The van der Waals surface area contributed by atoms with Crippen LogP contribution in [-0.2, 0) is 14.2 Å². The zero-order valence-electron chi connectivity index (χ0n) is 18.1. The molecular weight excluding hydrogens is 514 g/mol. The van der Waals surface area contributed by atoms with Crippen LogP contribution in [0.5, 0.6) is 11.5 Å². The molecule has 2 aliphatic heterocycles. The third kappa shape index (κ3) is 4.48. The first-order valence-corrected chi connectivity index (χ1v) is 11.7. The van der Waals surface area contributed by atoms with Crippen LogP contribution in [0, 0.1) is 5.92 Å². The summed E-state index contributed by atoms with van der Waals surface area (Å²) in [7, 11) is 3.29. The number of anilines is 2. The minimum atomic E-state index is -0.243. The number of aromatic nitrogens is 2. The number of nitrogens with one attached hydrogen (secondary N) is 1. The average Bonchev–Trinajstić information content (AvgIpc) is 3.40. The Hall–Kier alpha value is -2.17. The lowest BCUT2D eigenvalue weighted by Gasteiger charge is -2.20. The predicted octanol–water partition coefficient (Wildman–Crippen LogP) is 4.61. The average molecular weight is 537 g/mol. The Kier molecular flexibility index (Phi) is 6.58. The molecule has 0 saturated carbocycles. The van der Waals surface area contributed by atoms with E-state index in [1.165, 1.54) is 6.33 Å². The minimum Gasteiger partial charge on any atom is -0.493 e. The van der Waals surface area contributed by atoms with Gasteiger partial charge in [0.25, 0.3) is 0 Å². The molecule has 2 aromatic carbocycles. The first kappa shape index (κ1) is 22.6. The third-order valence-corrected chi connectivity index (χ3v) is 7.11. The molecule has 2 fully saturated rings. The highest BCUT2D eigenvalue weighted by Crippen LogP contribution is 2.39. The minimum absolute atomic E-state index is 0.0303. The molecule has 1 N–H and O–H groups in total. The van der Waals surface area contributed by atoms with E-state index in [-0.39, 0.29) is 24.2 Å². The lowest BCUT2D eigenvalue weighted by atomic mass is 10.0. The van der Waals surface area contributed by atoms with Crippen LogP contribution in [0.1, 0.15) is 0 Å². The summed E-state index contributed by atoms with van der Waals surface area (Å²) in [6, 6.07) is 9.32. The van der Waals surface area contributed by atoms with Crippen LogP contribution in [-0.4, -0.2) is 62.3 Å². The van der Waals surface area contributed by atoms with Gasteiger partial charge < -0.3 is 29.0 Å². The van der Waals surface area contributed by atoms with Crippen LogP contribution < -0.4 is 14.8 Å². The topological polar surface area (TPSA) is 84.0 Å². The van der Waals surface area contributed by atoms with Crippen molar-refractivity contribution in [3.63, 3.8) is 0 Å². The van der Waals surface area contributed by atoms with Crippen molar-refractivity contribution in [2.75, 3.05) is 39.4 Å². The molecule has 3 aromatic rings. The van der Waals surface area contributed by atoms with Gasteiger partial charge in [-0.1, -0.05) is 11.6 Å². The Morgan fingerprint density at radius 1 is 1.09 bits per heavy atom. The maximum absolute atomic E-state index is 6.31. The number of methoxy groups -OCH3 is 2. The van der Waals surface area contributed by atoms with Gasteiger partial charge >= 0.3 is 0 Å². The Morgan fingerprint density at radius 3 is 2.73 bits per heavy atom. The number of hydrogen-bond acceptors (Lipinski definition) is 8. The fraction of sp³-hybridized carbons (Fsp3) is 0.391. The van der Waals surface area contributed by atoms with Gasteiger partial charge in [0.15, 0.2) is 17.6 Å². The van der Waals surface area contributed by atoms with Crippen molar-refractivity contribution in [3.05, 3.63) is 46.2 Å². The molecule has 10 heteroatoms. The molecule has 5 rings (SSSR count). The number of halogens is 2. The number of fused-ring (bicyclic) bond motifs is 2. The van der Waals surface area contributed by atoms with Gasteiger partial charge in [0.2, 0.25) is 0 Å². The molecule has 2 saturated heterocycles. The largest absolute Gasteiger partial charge is 0.493 e. The fourth-order valence-corrected chi connectivity index (χ4v) is 4.72. The van der Waals surface area contributed by atoms with Crippen molar-refractivity contribution in [3.8, 4) is 11.5 Å². The number of ether oxygens (including phenoxy) is 5. The molecule has 4 atom stereocenters. The Labute approximate surface area is 204 Å². The van der Waals surface area contributed by atoms with Gasteiger partial charge in [-0.15, -0.1) is 0 Å². The van der Waals surface area contributed by atoms with Crippen LogP contribution in [0.25, 0.3) is 10.9 Å². The van der Waals surface area contributed by atoms with Crippen LogP contribution in [0.15, 0.2) is 41.1 Å². The maximum Gasteiger partial charge on any atom is 0.164 e. The molecule has 0 spiro atoms. The van der Waals surface area contributed by atoms with Gasteiger partial charge in [0.05, 0.1) is 43.6 Å². The molecule has 0 aliphatic carbocycles. The van der Waals surface area contributed by atoms with Crippen molar-refractivity contribution in [2.24, 2.45) is 5.92 Å². The standard InChI is InChI=1S/C23H23BrClN3O5/c1-29-8-12-9-31-22-20(10-32-21(12)22)33-19-7-17-14(6-18(19)30-2)23(27-11-26-17)28-13-3-4-15(24)16(25)5-13/h3-7,11-12,20-22H,8-10H2,1-2H3,(H,26,27,28)/t12-,20+,21?,22?/m0/s1. The van der Waals surface area contributed by atoms with Crippen LogP contribution in [0.3, 0.4) is 0 Å². The first-order valence-electron chi connectivity index (χ1n) is 10.5. The summed E-state index contributed by atoms with van der Waals surface area (Å²) in [5.41, 5.74) is 1.52. The molecule has 1 aromatic heterocycles. The molecule has 33 heavy (non-hydrogen) atoms. The SMILES string of the molecule is COC[C@H]1COC2C1OC[C@H]2Oc1cc2ncnc(Nc3ccc(Br)c(Cl)c3)c2cc1OC. The molecule has 2 aliphatic rings. The maximum atomic E-state index is 6.31. The Morgan fingerprint density at radius 2 is 1.94 bits per heavy atom. The molecular formula is C23H23BrClN3O5. The van der Waals surface area contributed by atoms with E-state index in [1.807, 2.05) is 30.3 Å². The summed E-state index contributed by atoms with van der Waals surface area (Å²) in [6.45, 7) is 1.64. The van der Waals surface area contributed by atoms with Gasteiger partial charge in [-0.25, -0.2) is 9.97 Å². The van der Waals surface area contributed by atoms with Crippen LogP contribution >= 0.6 is 27.5 Å². The van der Waals surface area contributed by atoms with Gasteiger partial charge in [0, 0.05) is 34.6 Å². The molecule has 3 heterocycles. The van der Waals surface area contributed by atoms with E-state index >= 15 is 0 Å². The molecule has 0 radical (unpaired) electrons. The quantitative estimate of drug-likeness (QED) is 0.469. The molecule has 0 bridgehead atoms. The summed E-state index contributed by atoms with van der Waals surface area (Å²) in [4.78, 5) is 8.84. The number of nitrogens with zero attached hydrogens (tertiary/aromatic N) is 2. The van der Waals surface area contributed by atoms with Crippen molar-refractivity contribution in [1.82, 2.24) is 9.97 Å². The van der Waals surface area contributed by atoms with E-state index in [9.17, 15) is 0 Å². The van der Waals surface area contributed by atoms with E-state index in [0.29, 0.717) is 47.7 Å². The van der Waals surface area contributed by atoms with Gasteiger partial charge in [-0.2, -0.15) is 0 Å². The summed E-state index contributed by atoms with van der Waals surface area (Å²) in [5.74, 6) is 1.99. The smallest absolute Gasteiger partial charge is 0.164 e. The van der Waals surface area contributed by atoms with Gasteiger partial charge in [0.1, 0.15) is 18.2 Å². The summed E-state index contributed by atoms with van der Waals surface area (Å²) in [5, 5.41) is 4.69. The highest BCUT2D eigenvalue weighted by Gasteiger charge is 2.49. The zero-order valence-corrected chi connectivity index (χ0v) is 20.4. The van der Waals surface area contributed by atoms with E-state index in [1.54, 1.807) is 14.2 Å². The highest BCUT2D eigenvalue weighted by molar-refractivity contribution is 9.10. The number of benzene rings is 2. The van der Waals surface area contributed by atoms with Crippen LogP contribution in [0.4, 0.5) is 11.5 Å². The summed E-state index contributed by atoms with van der Waals surface area (Å²) in [6.07, 6.45) is 1.09. The molecule has 8 nitrogen and oxygen atoms in total. The van der Waals surface area contributed by atoms with Crippen molar-refractivity contribution < 1.29 is 23.7 Å². The molecule has 0 amide bonds. The lowest BCUT2D eigenvalue weighted by Crippen LogP contribution is -2.34. The number of hydrogen-bond donors (Lipinski definition) is 1. The van der Waals surface area contributed by atoms with E-state index < -0.39 is 0 Å². The fourth-order valence-electron chi connectivity index (χ4n) is 4.29. The number of rotatable bonds is 7. The van der Waals surface area contributed by atoms with Gasteiger partial charge in [-0.05, 0) is 40.2 Å². The van der Waals surface area contributed by atoms with Crippen molar-refractivity contribution >= 4 is 49.9 Å². The van der Waals surface area contributed by atoms with Crippen molar-refractivity contribution in [1.29, 1.82) is 0 Å². The second kappa shape index (κ2) is 9.60. The summed E-state index contributed by atoms with van der Waals surface area (Å²) >= 11 is 9.63. The van der Waals surface area contributed by atoms with E-state index in [4.69, 9.17) is 35.3 Å². The second-order valence-electron chi connectivity index (χ2n) is 7.96. The Balaban J connectivity index is 1.41. The monoisotopic (exact) mass is 535 g/mol. The normalized spacial score (nSPS) is 24.1. The van der Waals surface area contributed by atoms with Gasteiger partial charge in [-0.3, -0.25) is 0 Å². The third-order valence-electron chi connectivity index (χ3n) is 5.87. The van der Waals surface area contributed by atoms with E-state index in [0.717, 1.165) is 15.5 Å². The van der Waals surface area contributed by atoms with E-state index in [2.05, 4.69) is 31.2 Å². The van der Waals surface area contributed by atoms with Crippen molar-refractivity contribution in [2.45, 2.75) is 18.3 Å². The highest BCUT2D eigenvalue weighted by atomic mass is 79.9. The first-order chi connectivity index (χ1) is 16.1.